The van der Waals surface area contributed by atoms with Crippen LogP contribution in [0.25, 0.3) is 0 Å². The lowest BCUT2D eigenvalue weighted by Gasteiger charge is -2.26. The van der Waals surface area contributed by atoms with Crippen LogP contribution in [0.2, 0.25) is 0 Å². The highest BCUT2D eigenvalue weighted by atomic mass is 19.4. The Hall–Kier alpha value is -1.23. The first-order chi connectivity index (χ1) is 8.96. The molecule has 0 aliphatic heterocycles. The van der Waals surface area contributed by atoms with E-state index < -0.39 is 12.5 Å². The second-order valence-electron chi connectivity index (χ2n) is 4.96. The second kappa shape index (κ2) is 5.82. The van der Waals surface area contributed by atoms with Gasteiger partial charge in [0.15, 0.2) is 0 Å². The van der Waals surface area contributed by atoms with Crippen LogP contribution in [0.3, 0.4) is 0 Å². The summed E-state index contributed by atoms with van der Waals surface area (Å²) in [6.45, 7) is 0. The maximum Gasteiger partial charge on any atom is 0.573 e. The number of aliphatic hydroxyl groups excluding tert-OH is 1. The van der Waals surface area contributed by atoms with E-state index in [1.807, 2.05) is 0 Å². The summed E-state index contributed by atoms with van der Waals surface area (Å²) in [6.07, 6.45) is 0.0865. The van der Waals surface area contributed by atoms with Gasteiger partial charge < -0.3 is 9.84 Å². The molecule has 0 bridgehead atoms. The largest absolute Gasteiger partial charge is 0.573 e. The van der Waals surface area contributed by atoms with Gasteiger partial charge in [0, 0.05) is 0 Å². The van der Waals surface area contributed by atoms with Gasteiger partial charge in [0.05, 0.1) is 6.10 Å². The van der Waals surface area contributed by atoms with Crippen LogP contribution in [0.5, 0.6) is 5.75 Å². The van der Waals surface area contributed by atoms with Crippen LogP contribution in [-0.2, 0) is 0 Å². The number of alkyl halides is 3. The summed E-state index contributed by atoms with van der Waals surface area (Å²) in [6, 6.07) is 5.49. The lowest BCUT2D eigenvalue weighted by Crippen LogP contribution is -2.18. The summed E-state index contributed by atoms with van der Waals surface area (Å²) in [5.41, 5.74) is 0.654. The van der Waals surface area contributed by atoms with Gasteiger partial charge >= 0.3 is 6.36 Å². The van der Waals surface area contributed by atoms with Crippen molar-refractivity contribution >= 4 is 0 Å². The first kappa shape index (κ1) is 14.2. The molecule has 5 heteroatoms. The molecule has 1 N–H and O–H groups in total. The average molecular weight is 274 g/mol. The van der Waals surface area contributed by atoms with Gasteiger partial charge in [-0.1, -0.05) is 31.4 Å². The lowest BCUT2D eigenvalue weighted by atomic mass is 9.83. The number of rotatable bonds is 3. The Morgan fingerprint density at radius 1 is 1.05 bits per heavy atom. The van der Waals surface area contributed by atoms with E-state index >= 15 is 0 Å². The molecule has 1 fully saturated rings. The zero-order valence-electron chi connectivity index (χ0n) is 10.5. The molecule has 2 nitrogen and oxygen atoms in total. The Morgan fingerprint density at radius 3 is 2.16 bits per heavy atom. The molecule has 0 amide bonds. The molecule has 1 saturated carbocycles. The van der Waals surface area contributed by atoms with Crippen LogP contribution in [0.15, 0.2) is 24.3 Å². The summed E-state index contributed by atoms with van der Waals surface area (Å²) in [7, 11) is 0. The fourth-order valence-electron chi connectivity index (χ4n) is 2.59. The van der Waals surface area contributed by atoms with E-state index in [2.05, 4.69) is 4.74 Å². The second-order valence-corrected chi connectivity index (χ2v) is 4.96. The lowest BCUT2D eigenvalue weighted by molar-refractivity contribution is -0.274. The Kier molecular flexibility index (Phi) is 4.34. The van der Waals surface area contributed by atoms with Gasteiger partial charge in [-0.3, -0.25) is 0 Å². The first-order valence-corrected chi connectivity index (χ1v) is 6.49. The van der Waals surface area contributed by atoms with Crippen molar-refractivity contribution in [1.82, 2.24) is 0 Å². The van der Waals surface area contributed by atoms with Crippen LogP contribution in [-0.4, -0.2) is 11.5 Å². The van der Waals surface area contributed by atoms with Gasteiger partial charge in [0.2, 0.25) is 0 Å². The maximum atomic E-state index is 12.0. The zero-order chi connectivity index (χ0) is 13.9. The molecular formula is C14H17F3O2. The molecule has 0 radical (unpaired) electrons. The topological polar surface area (TPSA) is 29.5 Å². The fraction of sp³-hybridized carbons (Fsp3) is 0.571. The summed E-state index contributed by atoms with van der Waals surface area (Å²) >= 11 is 0. The van der Waals surface area contributed by atoms with E-state index in [-0.39, 0.29) is 11.7 Å². The maximum absolute atomic E-state index is 12.0. The van der Waals surface area contributed by atoms with Crippen LogP contribution in [0.1, 0.15) is 43.8 Å². The predicted molar refractivity (Wildman–Crippen MR) is 64.7 cm³/mol. The highest BCUT2D eigenvalue weighted by Gasteiger charge is 2.31. The highest BCUT2D eigenvalue weighted by molar-refractivity contribution is 5.29. The summed E-state index contributed by atoms with van der Waals surface area (Å²) < 4.78 is 39.9. The number of ether oxygens (including phenoxy) is 1. The van der Waals surface area contributed by atoms with Crippen molar-refractivity contribution in [3.63, 3.8) is 0 Å². The SMILES string of the molecule is OC(c1ccc(OC(F)(F)F)cc1)C1CCCCC1. The molecule has 106 valence electrons. The highest BCUT2D eigenvalue weighted by Crippen LogP contribution is 2.35. The monoisotopic (exact) mass is 274 g/mol. The Balaban J connectivity index is 2.01. The minimum absolute atomic E-state index is 0.211. The molecule has 0 heterocycles. The van der Waals surface area contributed by atoms with E-state index in [0.29, 0.717) is 5.56 Å². The van der Waals surface area contributed by atoms with E-state index in [1.54, 1.807) is 0 Å². The molecule has 0 saturated heterocycles. The third-order valence-corrected chi connectivity index (χ3v) is 3.55. The number of halogens is 3. The number of aliphatic hydroxyl groups is 1. The van der Waals surface area contributed by atoms with E-state index in [1.165, 1.54) is 30.7 Å². The van der Waals surface area contributed by atoms with Gasteiger partial charge in [0.1, 0.15) is 5.75 Å². The molecule has 1 aromatic rings. The average Bonchev–Trinajstić information content (AvgIpc) is 2.38. The summed E-state index contributed by atoms with van der Waals surface area (Å²) in [5, 5.41) is 10.2. The molecule has 1 aliphatic rings. The van der Waals surface area contributed by atoms with Gasteiger partial charge in [-0.15, -0.1) is 13.2 Å². The molecule has 0 spiro atoms. The smallest absolute Gasteiger partial charge is 0.406 e. The third-order valence-electron chi connectivity index (χ3n) is 3.55. The first-order valence-electron chi connectivity index (χ1n) is 6.49. The zero-order valence-corrected chi connectivity index (χ0v) is 10.5. The van der Waals surface area contributed by atoms with Crippen molar-refractivity contribution in [2.45, 2.75) is 44.6 Å². The third kappa shape index (κ3) is 4.13. The number of benzene rings is 1. The van der Waals surface area contributed by atoms with Gasteiger partial charge in [-0.25, -0.2) is 0 Å². The van der Waals surface area contributed by atoms with Crippen molar-refractivity contribution in [1.29, 1.82) is 0 Å². The van der Waals surface area contributed by atoms with Gasteiger partial charge in [0.25, 0.3) is 0 Å². The van der Waals surface area contributed by atoms with Crippen LogP contribution in [0, 0.1) is 5.92 Å². The molecule has 19 heavy (non-hydrogen) atoms. The van der Waals surface area contributed by atoms with Crippen molar-refractivity contribution < 1.29 is 23.0 Å². The molecule has 2 rings (SSSR count). The Morgan fingerprint density at radius 2 is 1.63 bits per heavy atom. The van der Waals surface area contributed by atoms with Crippen LogP contribution in [0.4, 0.5) is 13.2 Å². The summed E-state index contributed by atoms with van der Waals surface area (Å²) in [4.78, 5) is 0. The fourth-order valence-corrected chi connectivity index (χ4v) is 2.59. The molecule has 1 unspecified atom stereocenters. The van der Waals surface area contributed by atoms with Crippen LogP contribution >= 0.6 is 0 Å². The quantitative estimate of drug-likeness (QED) is 0.895. The van der Waals surface area contributed by atoms with E-state index in [9.17, 15) is 18.3 Å². The molecule has 1 atom stereocenters. The summed E-state index contributed by atoms with van der Waals surface area (Å²) in [5.74, 6) is -0.0461. The van der Waals surface area contributed by atoms with Crippen molar-refractivity contribution in [3.8, 4) is 5.75 Å². The molecule has 0 aromatic heterocycles. The van der Waals surface area contributed by atoms with Crippen molar-refractivity contribution in [3.05, 3.63) is 29.8 Å². The minimum Gasteiger partial charge on any atom is -0.406 e. The van der Waals surface area contributed by atoms with Crippen molar-refractivity contribution in [2.75, 3.05) is 0 Å². The van der Waals surface area contributed by atoms with Gasteiger partial charge in [-0.2, -0.15) is 0 Å². The Labute approximate surface area is 110 Å². The van der Waals surface area contributed by atoms with E-state index in [4.69, 9.17) is 0 Å². The number of hydrogen-bond donors (Lipinski definition) is 1. The molecule has 1 aromatic carbocycles. The molecular weight excluding hydrogens is 257 g/mol. The van der Waals surface area contributed by atoms with Gasteiger partial charge in [-0.05, 0) is 36.5 Å². The van der Waals surface area contributed by atoms with Crippen LogP contribution < -0.4 is 4.74 Å². The number of hydrogen-bond acceptors (Lipinski definition) is 2. The van der Waals surface area contributed by atoms with E-state index in [0.717, 1.165) is 25.7 Å². The minimum atomic E-state index is -4.68. The Bertz CT molecular complexity index is 394. The molecule has 1 aliphatic carbocycles. The standard InChI is InChI=1S/C14H17F3O2/c15-14(16,17)19-12-8-6-11(7-9-12)13(18)10-4-2-1-3-5-10/h6-10,13,18H,1-5H2. The normalized spacial score (nSPS) is 19.2. The van der Waals surface area contributed by atoms with Crippen molar-refractivity contribution in [2.24, 2.45) is 5.92 Å². The predicted octanol–water partition coefficient (Wildman–Crippen LogP) is 4.20.